The molecule has 0 bridgehead atoms. The van der Waals surface area contributed by atoms with Crippen molar-refractivity contribution in [1.29, 1.82) is 0 Å². The van der Waals surface area contributed by atoms with Crippen LogP contribution in [0.1, 0.15) is 65.7 Å². The quantitative estimate of drug-likeness (QED) is 0.112. The van der Waals surface area contributed by atoms with Gasteiger partial charge < -0.3 is 0 Å². The summed E-state index contributed by atoms with van der Waals surface area (Å²) in [6.45, 7) is 7.54. The Morgan fingerprint density at radius 1 is 0.950 bits per heavy atom. The van der Waals surface area contributed by atoms with Crippen LogP contribution in [0, 0.1) is 0 Å². The van der Waals surface area contributed by atoms with E-state index in [2.05, 4.69) is 41.0 Å². The van der Waals surface area contributed by atoms with Crippen LogP contribution in [0.5, 0.6) is 0 Å². The van der Waals surface area contributed by atoms with Gasteiger partial charge in [-0.15, -0.1) is 0 Å². The normalized spacial score (nSPS) is 11.8. The molecular formula is C16H33N3Sn. The first kappa shape index (κ1) is 19.8. The van der Waals surface area contributed by atoms with Crippen LogP contribution in [0.2, 0.25) is 13.3 Å². The van der Waals surface area contributed by atoms with Gasteiger partial charge in [0.05, 0.1) is 0 Å². The monoisotopic (exact) mass is 387 g/mol. The second-order valence-electron chi connectivity index (χ2n) is 5.82. The summed E-state index contributed by atoms with van der Waals surface area (Å²) in [4.78, 5) is 2.83. The second kappa shape index (κ2) is 13.8. The summed E-state index contributed by atoms with van der Waals surface area (Å²) in [5.41, 5.74) is 8.32. The van der Waals surface area contributed by atoms with Crippen molar-refractivity contribution in [2.75, 3.05) is 6.54 Å². The van der Waals surface area contributed by atoms with Crippen molar-refractivity contribution in [3.8, 4) is 0 Å². The van der Waals surface area contributed by atoms with Crippen LogP contribution < -0.4 is 0 Å². The molecule has 0 aromatic rings. The zero-order valence-electron chi connectivity index (χ0n) is 13.8. The Kier molecular flexibility index (Phi) is 13.7. The van der Waals surface area contributed by atoms with Crippen LogP contribution in [0.25, 0.3) is 10.4 Å². The van der Waals surface area contributed by atoms with Crippen LogP contribution in [0.4, 0.5) is 0 Å². The Morgan fingerprint density at radius 2 is 1.45 bits per heavy atom. The van der Waals surface area contributed by atoms with Gasteiger partial charge in [0.1, 0.15) is 0 Å². The molecule has 0 aromatic heterocycles. The number of hydrogen-bond donors (Lipinski definition) is 0. The molecule has 4 heteroatoms. The van der Waals surface area contributed by atoms with Crippen molar-refractivity contribution >= 4 is 18.4 Å². The first-order chi connectivity index (χ1) is 9.74. The summed E-state index contributed by atoms with van der Waals surface area (Å²) in [6.07, 6.45) is 11.5. The van der Waals surface area contributed by atoms with Gasteiger partial charge in [-0.3, -0.25) is 0 Å². The van der Waals surface area contributed by atoms with Gasteiger partial charge in [-0.05, 0) is 0 Å². The minimum atomic E-state index is -2.06. The third kappa shape index (κ3) is 9.71. The number of hydrogen-bond acceptors (Lipinski definition) is 1. The Balaban J connectivity index is 4.68. The molecule has 0 saturated carbocycles. The zero-order valence-corrected chi connectivity index (χ0v) is 16.6. The fourth-order valence-corrected chi connectivity index (χ4v) is 17.2. The first-order valence-corrected chi connectivity index (χ1v) is 16.1. The molecule has 0 aliphatic carbocycles. The van der Waals surface area contributed by atoms with Crippen LogP contribution in [-0.4, -0.2) is 24.9 Å². The van der Waals surface area contributed by atoms with Crippen LogP contribution >= 0.6 is 0 Å². The summed E-state index contributed by atoms with van der Waals surface area (Å²) in [5, 5.41) is 3.63. The molecule has 0 spiro atoms. The Hall–Kier alpha value is -0.151. The van der Waals surface area contributed by atoms with Crippen molar-refractivity contribution in [2.24, 2.45) is 5.11 Å². The van der Waals surface area contributed by atoms with Gasteiger partial charge in [0.25, 0.3) is 0 Å². The number of nitrogens with zero attached hydrogens (tertiary/aromatic N) is 3. The topological polar surface area (TPSA) is 48.8 Å². The van der Waals surface area contributed by atoms with E-state index in [9.17, 15) is 0 Å². The van der Waals surface area contributed by atoms with Gasteiger partial charge in [0.15, 0.2) is 0 Å². The number of rotatable bonds is 13. The minimum absolute atomic E-state index is 0.615. The van der Waals surface area contributed by atoms with Crippen molar-refractivity contribution < 1.29 is 0 Å². The predicted octanol–water partition coefficient (Wildman–Crippen LogP) is 6.63. The van der Waals surface area contributed by atoms with Crippen molar-refractivity contribution in [3.05, 3.63) is 20.6 Å². The molecule has 0 fully saturated rings. The molecule has 0 unspecified atom stereocenters. The van der Waals surface area contributed by atoms with E-state index < -0.39 is 18.4 Å². The summed E-state index contributed by atoms with van der Waals surface area (Å²) >= 11 is -2.06. The fourth-order valence-electron chi connectivity index (χ4n) is 2.72. The first-order valence-electron chi connectivity index (χ1n) is 8.43. The molecule has 0 rings (SSSR count). The van der Waals surface area contributed by atoms with E-state index in [4.69, 9.17) is 5.53 Å². The SMILES string of the molecule is CCC[CH2][Sn](/[CH]=C/CCN=[N+]=[N-])([CH2]CCC)[CH2]CCC. The van der Waals surface area contributed by atoms with E-state index in [-0.39, 0.29) is 0 Å². The molecule has 116 valence electrons. The fraction of sp³-hybridized carbons (Fsp3) is 0.875. The van der Waals surface area contributed by atoms with Gasteiger partial charge >= 0.3 is 130 Å². The Morgan fingerprint density at radius 3 is 1.85 bits per heavy atom. The van der Waals surface area contributed by atoms with E-state index in [0.717, 1.165) is 6.42 Å². The molecule has 0 radical (unpaired) electrons. The third-order valence-corrected chi connectivity index (χ3v) is 18.3. The van der Waals surface area contributed by atoms with Gasteiger partial charge in [-0.25, -0.2) is 0 Å². The number of unbranched alkanes of at least 4 members (excludes halogenated alkanes) is 3. The molecule has 0 aliphatic heterocycles. The molecule has 0 aromatic carbocycles. The molecule has 0 aliphatic rings. The summed E-state index contributed by atoms with van der Waals surface area (Å²) in [6, 6.07) is 0. The third-order valence-electron chi connectivity index (χ3n) is 4.02. The standard InChI is InChI=1S/C4H6N3.3C4H9.Sn/c1-2-3-4-6-7-5;3*1-3-4-2;/h1-2H,3-4H2;3*1,3-4H2,2H3;. The van der Waals surface area contributed by atoms with Crippen molar-refractivity contribution in [2.45, 2.75) is 79.0 Å². The maximum atomic E-state index is 8.32. The molecule has 0 heterocycles. The molecule has 0 N–H and O–H groups in total. The van der Waals surface area contributed by atoms with Gasteiger partial charge in [-0.2, -0.15) is 0 Å². The van der Waals surface area contributed by atoms with Crippen molar-refractivity contribution in [3.63, 3.8) is 0 Å². The van der Waals surface area contributed by atoms with E-state index in [0.29, 0.717) is 6.54 Å². The average Bonchev–Trinajstić information content (AvgIpc) is 2.48. The van der Waals surface area contributed by atoms with Gasteiger partial charge in [0.2, 0.25) is 0 Å². The number of azide groups is 1. The molecular weight excluding hydrogens is 353 g/mol. The predicted molar refractivity (Wildman–Crippen MR) is 92.7 cm³/mol. The summed E-state index contributed by atoms with van der Waals surface area (Å²) in [7, 11) is 0. The molecule has 0 atom stereocenters. The van der Waals surface area contributed by atoms with E-state index in [1.54, 1.807) is 0 Å². The summed E-state index contributed by atoms with van der Waals surface area (Å²) in [5.74, 6) is 0. The van der Waals surface area contributed by atoms with Crippen LogP contribution in [0.15, 0.2) is 15.3 Å². The maximum absolute atomic E-state index is 8.32. The van der Waals surface area contributed by atoms with Gasteiger partial charge in [-0.1, -0.05) is 0 Å². The molecule has 20 heavy (non-hydrogen) atoms. The Bertz CT molecular complexity index is 274. The van der Waals surface area contributed by atoms with Gasteiger partial charge in [0, 0.05) is 0 Å². The Labute approximate surface area is 129 Å². The average molecular weight is 386 g/mol. The van der Waals surface area contributed by atoms with Crippen LogP contribution in [0.3, 0.4) is 0 Å². The van der Waals surface area contributed by atoms with E-state index in [1.165, 1.54) is 51.8 Å². The summed E-state index contributed by atoms with van der Waals surface area (Å²) < 4.78 is 7.21. The van der Waals surface area contributed by atoms with E-state index in [1.807, 2.05) is 0 Å². The molecule has 0 amide bonds. The zero-order chi connectivity index (χ0) is 15.1. The second-order valence-corrected chi connectivity index (χ2v) is 18.8. The van der Waals surface area contributed by atoms with E-state index >= 15 is 0 Å². The molecule has 0 saturated heterocycles. The van der Waals surface area contributed by atoms with Crippen molar-refractivity contribution in [1.82, 2.24) is 0 Å². The molecule has 3 nitrogen and oxygen atoms in total. The van der Waals surface area contributed by atoms with Crippen LogP contribution in [-0.2, 0) is 0 Å².